The molecule has 0 aromatic heterocycles. The van der Waals surface area contributed by atoms with Crippen molar-refractivity contribution in [3.8, 4) is 5.75 Å². The molecule has 1 fully saturated rings. The van der Waals surface area contributed by atoms with Gasteiger partial charge < -0.3 is 29.9 Å². The van der Waals surface area contributed by atoms with Crippen molar-refractivity contribution in [3.05, 3.63) is 29.3 Å². The Morgan fingerprint density at radius 2 is 1.72 bits per heavy atom. The first-order valence-corrected chi connectivity index (χ1v) is 6.74. The van der Waals surface area contributed by atoms with Crippen molar-refractivity contribution in [1.82, 2.24) is 0 Å². The minimum absolute atomic E-state index is 1.51. The lowest BCUT2D eigenvalue weighted by atomic mass is 9.93. The van der Waals surface area contributed by atoms with Crippen LogP contribution in [0.1, 0.15) is 73.6 Å². The molecule has 4 N–H and O–H groups in total. The van der Waals surface area contributed by atoms with E-state index in [0.717, 1.165) is 0 Å². The highest BCUT2D eigenvalue weighted by atomic mass is 16.7. The lowest BCUT2D eigenvalue weighted by Crippen LogP contribution is -2.61. The van der Waals surface area contributed by atoms with E-state index in [-0.39, 0.29) is 0 Å². The van der Waals surface area contributed by atoms with E-state index < -0.39 is 111 Å². The van der Waals surface area contributed by atoms with Crippen LogP contribution in [0.3, 0.4) is 0 Å². The van der Waals surface area contributed by atoms with Gasteiger partial charge in [0.25, 0.3) is 0 Å². The number of hydrogen-bond acceptors (Lipinski definition) is 6. The van der Waals surface area contributed by atoms with Gasteiger partial charge >= 0.3 is 5.97 Å². The van der Waals surface area contributed by atoms with Crippen LogP contribution in [0.25, 0.3) is 0 Å². The van der Waals surface area contributed by atoms with Crippen LogP contribution < -0.4 is 4.74 Å². The lowest BCUT2D eigenvalue weighted by Gasteiger charge is -2.39. The van der Waals surface area contributed by atoms with E-state index in [1.165, 1.54) is 0 Å². The number of carbonyl (C=O) groups is 1. The summed E-state index contributed by atoms with van der Waals surface area (Å²) in [4.78, 5) is 11.6. The molecule has 0 saturated carbocycles. The number of aliphatic carboxylic acids is 1. The predicted octanol–water partition coefficient (Wildman–Crippen LogP) is 1.20. The molecule has 0 spiro atoms. The van der Waals surface area contributed by atoms with E-state index in [1.54, 1.807) is 0 Å². The number of para-hydroxylation sites is 1. The second-order valence-corrected chi connectivity index (χ2v) is 5.06. The van der Waals surface area contributed by atoms with Gasteiger partial charge in [0.05, 0.1) is 4.11 Å². The van der Waals surface area contributed by atoms with E-state index in [9.17, 15) is 25.2 Å². The molecule has 1 aliphatic heterocycles. The second kappa shape index (κ2) is 7.70. The molecule has 0 aliphatic carbocycles. The Bertz CT molecular complexity index is 1110. The molecule has 1 aliphatic rings. The Kier molecular flexibility index (Phi) is 2.10. The molecule has 1 heterocycles. The number of hydrogen-bond donors (Lipinski definition) is 4. The van der Waals surface area contributed by atoms with Gasteiger partial charge in [0.2, 0.25) is 6.29 Å². The molecule has 0 amide bonds. The van der Waals surface area contributed by atoms with Crippen LogP contribution in [0.4, 0.5) is 0 Å². The van der Waals surface area contributed by atoms with Gasteiger partial charge in [-0.1, -0.05) is 45.5 Å². The smallest absolute Gasteiger partial charge is 0.335 e. The Hall–Kier alpha value is -1.67. The van der Waals surface area contributed by atoms with Crippen molar-refractivity contribution in [2.45, 2.75) is 69.9 Å². The molecule has 1 aromatic carbocycles. The average molecular weight is 372 g/mol. The van der Waals surface area contributed by atoms with Crippen LogP contribution in [-0.2, 0) is 9.53 Å². The molecular weight excluding hydrogens is 328 g/mol. The largest absolute Gasteiger partial charge is 0.479 e. The van der Waals surface area contributed by atoms with Gasteiger partial charge in [-0.2, -0.15) is 0 Å². The normalized spacial score (nSPS) is 42.7. The minimum Gasteiger partial charge on any atom is -0.479 e. The first kappa shape index (κ1) is 6.81. The second-order valence-electron chi connectivity index (χ2n) is 5.06. The summed E-state index contributed by atoms with van der Waals surface area (Å²) in [5, 5.41) is 40.0. The number of carboxylic acid groups (broad SMARTS) is 1. The maximum absolute atomic E-state index is 11.6. The van der Waals surface area contributed by atoms with Crippen LogP contribution in [0.2, 0.25) is 0 Å². The Balaban J connectivity index is 3.27. The Morgan fingerprint density at radius 1 is 1.16 bits per heavy atom. The zero-order chi connectivity index (χ0) is 33.3. The Labute approximate surface area is 170 Å². The van der Waals surface area contributed by atoms with Crippen molar-refractivity contribution in [2.75, 3.05) is 0 Å². The maximum atomic E-state index is 11.6. The van der Waals surface area contributed by atoms with Crippen LogP contribution in [0.15, 0.2) is 18.1 Å². The van der Waals surface area contributed by atoms with E-state index in [2.05, 4.69) is 0 Å². The highest BCUT2D eigenvalue weighted by Gasteiger charge is 2.48. The topological polar surface area (TPSA) is 116 Å². The van der Waals surface area contributed by atoms with Gasteiger partial charge in [0.1, 0.15) is 24.1 Å². The summed E-state index contributed by atoms with van der Waals surface area (Å²) in [5.74, 6) is -11.9. The van der Waals surface area contributed by atoms with Gasteiger partial charge in [0.15, 0.2) is 6.10 Å². The monoisotopic (exact) mass is 371 g/mol. The molecule has 0 radical (unpaired) electrons. The fourth-order valence-electron chi connectivity index (χ4n) is 2.13. The number of benzene rings is 1. The number of ether oxygens (including phenoxy) is 2. The van der Waals surface area contributed by atoms with Crippen LogP contribution in [-0.4, -0.2) is 57.1 Å². The zero-order valence-corrected chi connectivity index (χ0v) is 12.4. The lowest BCUT2D eigenvalue weighted by molar-refractivity contribution is -0.271. The quantitative estimate of drug-likeness (QED) is 0.614. The van der Waals surface area contributed by atoms with E-state index in [1.807, 2.05) is 0 Å². The fraction of sp³-hybridized carbons (Fsp3) is 0.611. The van der Waals surface area contributed by atoms with Crippen LogP contribution in [0.5, 0.6) is 5.75 Å². The highest BCUT2D eigenvalue weighted by molar-refractivity contribution is 5.73. The number of aliphatic hydroxyl groups is 3. The zero-order valence-electron chi connectivity index (χ0n) is 29.4. The number of aliphatic hydroxyl groups excluding tert-OH is 3. The Morgan fingerprint density at radius 3 is 2.20 bits per heavy atom. The van der Waals surface area contributed by atoms with Crippen molar-refractivity contribution in [3.63, 3.8) is 0 Å². The third kappa shape index (κ3) is 3.95. The average Bonchev–Trinajstić information content (AvgIpc) is 2.79. The highest BCUT2D eigenvalue weighted by Crippen LogP contribution is 2.36. The fourth-order valence-corrected chi connectivity index (χ4v) is 2.13. The minimum atomic E-state index is -4.08. The molecule has 7 nitrogen and oxygen atoms in total. The van der Waals surface area contributed by atoms with Crippen molar-refractivity contribution < 1.29 is 58.0 Å². The standard InChI is InChI=1S/C18H26O7/c1-8(2)10-6-5-7-11(9(3)4)15(10)24-18-14(21)12(19)13(20)16(25-18)17(22)23/h5-9,12-14,16,18-21H,1-4H3,(H,22,23)/t12-,13-,14+,16-,18+/m0/s1/i1D3,2D3,3D3,4D3,5D,6D,7D,8D,9D. The SMILES string of the molecule is [2H]c1c([2H])c(C([2H])(C([2H])([2H])[2H])C([2H])([2H])[2H])c(O[C@@H]2O[C@H](C(=O)O)[C@@H](O)[C@H](O)[C@H]2O)c(C([2H])(C([2H])([2H])[2H])C([2H])([2H])[2H])c1[2H]. The molecule has 1 aromatic rings. The molecule has 1 saturated heterocycles. The van der Waals surface area contributed by atoms with E-state index >= 15 is 0 Å². The third-order valence-electron chi connectivity index (χ3n) is 3.38. The molecule has 0 unspecified atom stereocenters. The summed E-state index contributed by atoms with van der Waals surface area (Å²) < 4.78 is 146. The van der Waals surface area contributed by atoms with Gasteiger partial charge in [-0.3, -0.25) is 0 Å². The molecule has 7 heteroatoms. The summed E-state index contributed by atoms with van der Waals surface area (Å²) in [5.41, 5.74) is -3.49. The van der Waals surface area contributed by atoms with E-state index in [0.29, 0.717) is 0 Å². The maximum Gasteiger partial charge on any atom is 0.335 e. The van der Waals surface area contributed by atoms with Crippen LogP contribution >= 0.6 is 0 Å². The number of carboxylic acids is 1. The summed E-state index contributed by atoms with van der Waals surface area (Å²) in [6, 6.07) is -4.65. The third-order valence-corrected chi connectivity index (χ3v) is 3.38. The summed E-state index contributed by atoms with van der Waals surface area (Å²) >= 11 is 0. The molecule has 5 atom stereocenters. The van der Waals surface area contributed by atoms with Gasteiger partial charge in [-0.15, -0.1) is 0 Å². The van der Waals surface area contributed by atoms with Gasteiger partial charge in [-0.25, -0.2) is 4.79 Å². The summed E-state index contributed by atoms with van der Waals surface area (Å²) in [6.07, 6.45) is -12.4. The molecule has 2 rings (SSSR count). The van der Waals surface area contributed by atoms with Crippen molar-refractivity contribution in [1.29, 1.82) is 0 Å². The summed E-state index contributed by atoms with van der Waals surface area (Å²) in [7, 11) is 0. The van der Waals surface area contributed by atoms with Crippen molar-refractivity contribution in [2.24, 2.45) is 0 Å². The van der Waals surface area contributed by atoms with Crippen LogP contribution in [0, 0.1) is 0 Å². The predicted molar refractivity (Wildman–Crippen MR) is 89.6 cm³/mol. The first-order valence-electron chi connectivity index (χ1n) is 15.2. The first-order chi connectivity index (χ1) is 18.5. The van der Waals surface area contributed by atoms with Gasteiger partial charge in [0, 0.05) is 19.2 Å². The molecular formula is C18H26O7. The van der Waals surface area contributed by atoms with Gasteiger partial charge in [-0.05, 0) is 22.9 Å². The van der Waals surface area contributed by atoms with Crippen molar-refractivity contribution >= 4 is 5.97 Å². The molecule has 140 valence electrons. The molecule has 0 bridgehead atoms. The van der Waals surface area contributed by atoms with E-state index in [4.69, 9.17) is 32.8 Å². The number of rotatable bonds is 5. The molecule has 25 heavy (non-hydrogen) atoms. The summed E-state index contributed by atoms with van der Waals surface area (Å²) in [6.45, 7) is -16.1.